The molecule has 0 saturated carbocycles. The number of hydrogen-bond acceptors (Lipinski definition) is 2. The lowest BCUT2D eigenvalue weighted by Crippen LogP contribution is -2.13. The molecule has 0 spiro atoms. The smallest absolute Gasteiger partial charge is 0.256 e. The molecule has 0 heterocycles. The number of benzene rings is 2. The Balaban J connectivity index is 2.25. The van der Waals surface area contributed by atoms with Crippen LogP contribution in [0.5, 0.6) is 0 Å². The van der Waals surface area contributed by atoms with E-state index in [0.29, 0.717) is 17.5 Å². The molecule has 0 aliphatic heterocycles. The van der Waals surface area contributed by atoms with Gasteiger partial charge in [0.15, 0.2) is 0 Å². The number of amides is 1. The fourth-order valence-corrected chi connectivity index (χ4v) is 2.01. The Hall–Kier alpha value is -2.01. The van der Waals surface area contributed by atoms with Crippen LogP contribution >= 0.6 is 15.9 Å². The molecule has 2 aromatic carbocycles. The van der Waals surface area contributed by atoms with Gasteiger partial charge in [0.05, 0.1) is 10.0 Å². The minimum atomic E-state index is -0.505. The van der Waals surface area contributed by atoms with Crippen LogP contribution < -0.4 is 5.32 Å². The normalized spacial score (nSPS) is 10.0. The van der Waals surface area contributed by atoms with E-state index in [-0.39, 0.29) is 10.0 Å². The van der Waals surface area contributed by atoms with E-state index >= 15 is 0 Å². The molecule has 2 aromatic rings. The molecule has 0 saturated heterocycles. The monoisotopic (exact) mass is 321 g/mol. The maximum atomic E-state index is 13.3. The van der Waals surface area contributed by atoms with Crippen LogP contribution in [0.1, 0.15) is 20.7 Å². The van der Waals surface area contributed by atoms with E-state index < -0.39 is 11.7 Å². The van der Waals surface area contributed by atoms with E-state index in [2.05, 4.69) is 21.2 Å². The summed E-state index contributed by atoms with van der Waals surface area (Å²) in [5, 5.41) is 2.61. The van der Waals surface area contributed by atoms with Crippen molar-refractivity contribution in [1.82, 2.24) is 0 Å². The summed E-state index contributed by atoms with van der Waals surface area (Å²) < 4.78 is 13.4. The van der Waals surface area contributed by atoms with E-state index in [0.717, 1.165) is 0 Å². The maximum Gasteiger partial charge on any atom is 0.256 e. The number of anilines is 1. The van der Waals surface area contributed by atoms with Gasteiger partial charge in [0, 0.05) is 11.3 Å². The molecular weight excluding hydrogens is 313 g/mol. The first kappa shape index (κ1) is 13.4. The zero-order valence-electron chi connectivity index (χ0n) is 9.69. The van der Waals surface area contributed by atoms with E-state index in [9.17, 15) is 14.0 Å². The maximum absolute atomic E-state index is 13.3. The van der Waals surface area contributed by atoms with Gasteiger partial charge in [-0.25, -0.2) is 4.39 Å². The molecule has 0 aromatic heterocycles. The molecule has 1 N–H and O–H groups in total. The molecule has 96 valence electrons. The van der Waals surface area contributed by atoms with Crippen molar-refractivity contribution in [1.29, 1.82) is 0 Å². The molecule has 0 atom stereocenters. The highest BCUT2D eigenvalue weighted by molar-refractivity contribution is 9.10. The summed E-state index contributed by atoms with van der Waals surface area (Å²) in [5.41, 5.74) is 1.12. The highest BCUT2D eigenvalue weighted by atomic mass is 79.9. The first-order valence-corrected chi connectivity index (χ1v) is 6.21. The minimum Gasteiger partial charge on any atom is -0.322 e. The Morgan fingerprint density at radius 3 is 2.68 bits per heavy atom. The molecule has 0 aliphatic carbocycles. The first-order valence-electron chi connectivity index (χ1n) is 5.42. The molecule has 3 nitrogen and oxygen atoms in total. The van der Waals surface area contributed by atoms with Crippen molar-refractivity contribution < 1.29 is 14.0 Å². The van der Waals surface area contributed by atoms with Gasteiger partial charge in [-0.15, -0.1) is 0 Å². The Labute approximate surface area is 117 Å². The van der Waals surface area contributed by atoms with Crippen molar-refractivity contribution in [2.75, 3.05) is 5.32 Å². The van der Waals surface area contributed by atoms with Gasteiger partial charge < -0.3 is 5.32 Å². The van der Waals surface area contributed by atoms with E-state index in [1.165, 1.54) is 24.3 Å². The second kappa shape index (κ2) is 5.75. The van der Waals surface area contributed by atoms with Gasteiger partial charge in [0.1, 0.15) is 12.1 Å². The van der Waals surface area contributed by atoms with Crippen molar-refractivity contribution >= 4 is 33.8 Å². The topological polar surface area (TPSA) is 46.2 Å². The lowest BCUT2D eigenvalue weighted by molar-refractivity contribution is 0.102. The predicted molar refractivity (Wildman–Crippen MR) is 73.9 cm³/mol. The van der Waals surface area contributed by atoms with E-state index in [1.54, 1.807) is 18.2 Å². The number of hydrogen-bond donors (Lipinski definition) is 1. The summed E-state index contributed by atoms with van der Waals surface area (Å²) in [6.07, 6.45) is 0.688. The van der Waals surface area contributed by atoms with Crippen LogP contribution in [0.2, 0.25) is 0 Å². The average Bonchev–Trinajstić information content (AvgIpc) is 2.42. The lowest BCUT2D eigenvalue weighted by Gasteiger charge is -2.07. The third-order valence-corrected chi connectivity index (χ3v) is 3.28. The van der Waals surface area contributed by atoms with Gasteiger partial charge in [-0.05, 0) is 40.2 Å². The molecule has 2 rings (SSSR count). The zero-order valence-corrected chi connectivity index (χ0v) is 11.3. The van der Waals surface area contributed by atoms with Gasteiger partial charge in [0.25, 0.3) is 5.91 Å². The van der Waals surface area contributed by atoms with Crippen LogP contribution in [0.3, 0.4) is 0 Å². The highest BCUT2D eigenvalue weighted by Crippen LogP contribution is 2.21. The zero-order chi connectivity index (χ0) is 13.8. The molecule has 0 radical (unpaired) electrons. The van der Waals surface area contributed by atoms with E-state index in [4.69, 9.17) is 0 Å². The first-order chi connectivity index (χ1) is 9.11. The van der Waals surface area contributed by atoms with Crippen molar-refractivity contribution in [3.8, 4) is 0 Å². The fourth-order valence-electron chi connectivity index (χ4n) is 1.57. The van der Waals surface area contributed by atoms with Crippen LogP contribution in [0.15, 0.2) is 46.9 Å². The number of rotatable bonds is 3. The highest BCUT2D eigenvalue weighted by Gasteiger charge is 2.13. The summed E-state index contributed by atoms with van der Waals surface area (Å²) in [4.78, 5) is 22.6. The van der Waals surface area contributed by atoms with Crippen molar-refractivity contribution in [2.24, 2.45) is 0 Å². The van der Waals surface area contributed by atoms with Gasteiger partial charge in [-0.1, -0.05) is 18.2 Å². The SMILES string of the molecule is O=Cc1cccc(NC(=O)c2cccc(F)c2Br)c1. The third kappa shape index (κ3) is 3.06. The molecule has 19 heavy (non-hydrogen) atoms. The van der Waals surface area contributed by atoms with Crippen LogP contribution in [0.4, 0.5) is 10.1 Å². The van der Waals surface area contributed by atoms with Crippen molar-refractivity contribution in [3.63, 3.8) is 0 Å². The Bertz CT molecular complexity index is 643. The van der Waals surface area contributed by atoms with Crippen LogP contribution in [0, 0.1) is 5.82 Å². The summed E-state index contributed by atoms with van der Waals surface area (Å²) in [6, 6.07) is 10.7. The molecule has 0 aliphatic rings. The average molecular weight is 322 g/mol. The lowest BCUT2D eigenvalue weighted by atomic mass is 10.2. The number of carbonyl (C=O) groups excluding carboxylic acids is 2. The molecule has 0 bridgehead atoms. The summed E-state index contributed by atoms with van der Waals surface area (Å²) in [7, 11) is 0. The molecular formula is C14H9BrFNO2. The standard InChI is InChI=1S/C14H9BrFNO2/c15-13-11(5-2-6-12(13)16)14(19)17-10-4-1-3-9(7-10)8-18/h1-8H,(H,17,19). The van der Waals surface area contributed by atoms with Gasteiger partial charge >= 0.3 is 0 Å². The molecule has 0 unspecified atom stereocenters. The van der Waals surface area contributed by atoms with Gasteiger partial charge in [0.2, 0.25) is 0 Å². The number of nitrogens with one attached hydrogen (secondary N) is 1. The van der Waals surface area contributed by atoms with E-state index in [1.807, 2.05) is 0 Å². The fraction of sp³-hybridized carbons (Fsp3) is 0. The second-order valence-electron chi connectivity index (χ2n) is 3.80. The summed E-state index contributed by atoms with van der Waals surface area (Å²) in [6.45, 7) is 0. The Kier molecular flexibility index (Phi) is 4.06. The van der Waals surface area contributed by atoms with Crippen LogP contribution in [-0.4, -0.2) is 12.2 Å². The summed E-state index contributed by atoms with van der Waals surface area (Å²) in [5.74, 6) is -0.955. The molecule has 5 heteroatoms. The quantitative estimate of drug-likeness (QED) is 0.877. The van der Waals surface area contributed by atoms with Crippen LogP contribution in [-0.2, 0) is 0 Å². The Morgan fingerprint density at radius 1 is 1.21 bits per heavy atom. The Morgan fingerprint density at radius 2 is 1.95 bits per heavy atom. The number of carbonyl (C=O) groups is 2. The predicted octanol–water partition coefficient (Wildman–Crippen LogP) is 3.65. The largest absolute Gasteiger partial charge is 0.322 e. The van der Waals surface area contributed by atoms with Crippen molar-refractivity contribution in [2.45, 2.75) is 0 Å². The third-order valence-electron chi connectivity index (χ3n) is 2.48. The summed E-state index contributed by atoms with van der Waals surface area (Å²) >= 11 is 3.03. The van der Waals surface area contributed by atoms with Crippen molar-refractivity contribution in [3.05, 3.63) is 63.9 Å². The van der Waals surface area contributed by atoms with Crippen LogP contribution in [0.25, 0.3) is 0 Å². The van der Waals surface area contributed by atoms with Gasteiger partial charge in [-0.3, -0.25) is 9.59 Å². The van der Waals surface area contributed by atoms with Gasteiger partial charge in [-0.2, -0.15) is 0 Å². The molecule has 0 fully saturated rings. The number of aldehydes is 1. The minimum absolute atomic E-state index is 0.110. The molecule has 1 amide bonds. The number of halogens is 2. The second-order valence-corrected chi connectivity index (χ2v) is 4.59.